The molecule has 1 aromatic heterocycles. The molecule has 0 saturated carbocycles. The van der Waals surface area contributed by atoms with E-state index in [2.05, 4.69) is 28.9 Å². The Kier molecular flexibility index (Phi) is 5.63. The second-order valence-electron chi connectivity index (χ2n) is 6.47. The predicted molar refractivity (Wildman–Crippen MR) is 102 cm³/mol. The molecule has 1 aromatic carbocycles. The number of nitrogens with zero attached hydrogens (tertiary/aromatic N) is 3. The summed E-state index contributed by atoms with van der Waals surface area (Å²) in [6, 6.07) is 5.12. The van der Waals surface area contributed by atoms with Crippen molar-refractivity contribution in [1.29, 1.82) is 0 Å². The number of carbonyl (C=O) groups excluding carboxylic acids is 1. The number of carbonyl (C=O) groups is 1. The van der Waals surface area contributed by atoms with Crippen LogP contribution in [-0.4, -0.2) is 34.4 Å². The molecule has 0 spiro atoms. The average molecular weight is 371 g/mol. The number of primary amides is 1. The van der Waals surface area contributed by atoms with E-state index in [-0.39, 0.29) is 0 Å². The fraction of sp³-hybridized carbons (Fsp3) is 0.421. The molecule has 0 bridgehead atoms. The Morgan fingerprint density at radius 2 is 2.19 bits per heavy atom. The predicted octanol–water partition coefficient (Wildman–Crippen LogP) is 2.49. The van der Waals surface area contributed by atoms with Crippen molar-refractivity contribution in [3.63, 3.8) is 0 Å². The first kappa shape index (κ1) is 18.8. The van der Waals surface area contributed by atoms with Crippen LogP contribution in [0.1, 0.15) is 37.8 Å². The van der Waals surface area contributed by atoms with Gasteiger partial charge in [0, 0.05) is 5.70 Å². The molecule has 1 amide bonds. The molecule has 8 nitrogen and oxygen atoms in total. The minimum atomic E-state index is -0.666. The summed E-state index contributed by atoms with van der Waals surface area (Å²) in [5.74, 6) is 0.622. The van der Waals surface area contributed by atoms with Crippen molar-refractivity contribution < 1.29 is 14.3 Å². The number of ether oxygens (including phenoxy) is 2. The molecule has 144 valence electrons. The topological polar surface area (TPSA) is 104 Å². The Bertz CT molecular complexity index is 833. The lowest BCUT2D eigenvalue weighted by Gasteiger charge is -2.33. The number of hydrogen-bond donors (Lipinski definition) is 2. The molecule has 8 heteroatoms. The van der Waals surface area contributed by atoms with Gasteiger partial charge in [-0.3, -0.25) is 4.79 Å². The van der Waals surface area contributed by atoms with Crippen LogP contribution in [0.5, 0.6) is 11.5 Å². The molecule has 2 atom stereocenters. The summed E-state index contributed by atoms with van der Waals surface area (Å²) >= 11 is 0. The Morgan fingerprint density at radius 3 is 2.89 bits per heavy atom. The van der Waals surface area contributed by atoms with Crippen molar-refractivity contribution in [3.05, 3.63) is 42.4 Å². The molecule has 2 heterocycles. The van der Waals surface area contributed by atoms with Gasteiger partial charge < -0.3 is 20.5 Å². The molecular formula is C19H25N5O3. The summed E-state index contributed by atoms with van der Waals surface area (Å²) in [5, 5.41) is 7.24. The fourth-order valence-corrected chi connectivity index (χ4v) is 3.28. The van der Waals surface area contributed by atoms with Crippen molar-refractivity contribution in [2.75, 3.05) is 19.0 Å². The first-order chi connectivity index (χ1) is 13.1. The molecule has 2 aromatic rings. The van der Waals surface area contributed by atoms with E-state index in [0.717, 1.165) is 24.8 Å². The third-order valence-electron chi connectivity index (χ3n) is 4.64. The number of rotatable bonds is 8. The molecule has 0 unspecified atom stereocenters. The molecular weight excluding hydrogens is 346 g/mol. The molecule has 1 aliphatic heterocycles. The van der Waals surface area contributed by atoms with Gasteiger partial charge >= 0.3 is 0 Å². The van der Waals surface area contributed by atoms with Gasteiger partial charge in [0.15, 0.2) is 11.5 Å². The van der Waals surface area contributed by atoms with E-state index < -0.39 is 17.9 Å². The lowest BCUT2D eigenvalue weighted by Crippen LogP contribution is -2.40. The van der Waals surface area contributed by atoms with Gasteiger partial charge in [-0.1, -0.05) is 32.4 Å². The van der Waals surface area contributed by atoms with Crippen LogP contribution >= 0.6 is 0 Å². The van der Waals surface area contributed by atoms with Gasteiger partial charge in [0.2, 0.25) is 11.9 Å². The highest BCUT2D eigenvalue weighted by molar-refractivity contribution is 5.82. The van der Waals surface area contributed by atoms with Crippen molar-refractivity contribution in [2.45, 2.75) is 32.2 Å². The average Bonchev–Trinajstić information content (AvgIpc) is 3.11. The third-order valence-corrected chi connectivity index (χ3v) is 4.64. The summed E-state index contributed by atoms with van der Waals surface area (Å²) in [5.41, 5.74) is 6.95. The minimum absolute atomic E-state index is 0.461. The van der Waals surface area contributed by atoms with Crippen molar-refractivity contribution >= 4 is 11.9 Å². The number of benzene rings is 1. The summed E-state index contributed by atoms with van der Waals surface area (Å²) < 4.78 is 13.0. The molecule has 3 N–H and O–H groups in total. The number of nitrogens with two attached hydrogens (primary N) is 1. The van der Waals surface area contributed by atoms with Gasteiger partial charge in [-0.15, -0.1) is 0 Å². The standard InChI is InChI=1S/C19H25N5O3/c1-4-5-6-9-27-14-8-7-13(10-15(14)26-3)17-16(18(20)25)12(2)23-19-21-11-22-24(17)19/h7-8,10-11,16-17H,2,4-6,9H2,1,3H3,(H2,20,25)(H,21,22,23)/t16-,17-/m1/s1. The second-order valence-corrected chi connectivity index (χ2v) is 6.47. The minimum Gasteiger partial charge on any atom is -0.493 e. The second kappa shape index (κ2) is 8.11. The van der Waals surface area contributed by atoms with Crippen molar-refractivity contribution in [3.8, 4) is 11.5 Å². The lowest BCUT2D eigenvalue weighted by atomic mass is 9.88. The van der Waals surface area contributed by atoms with Gasteiger partial charge in [-0.05, 0) is 24.1 Å². The highest BCUT2D eigenvalue weighted by Crippen LogP contribution is 2.39. The van der Waals surface area contributed by atoms with Crippen molar-refractivity contribution in [2.24, 2.45) is 11.7 Å². The SMILES string of the molecule is C=C1Nc2ncnn2[C@H](c2ccc(OCCCCC)c(OC)c2)[C@@H]1C(N)=O. The number of fused-ring (bicyclic) bond motifs is 1. The van der Waals surface area contributed by atoms with Gasteiger partial charge in [0.05, 0.1) is 19.8 Å². The van der Waals surface area contributed by atoms with Gasteiger partial charge in [0.25, 0.3) is 0 Å². The zero-order valence-corrected chi connectivity index (χ0v) is 15.6. The van der Waals surface area contributed by atoms with E-state index in [4.69, 9.17) is 15.2 Å². The maximum absolute atomic E-state index is 12.1. The Morgan fingerprint density at radius 1 is 1.37 bits per heavy atom. The third kappa shape index (κ3) is 3.74. The van der Waals surface area contributed by atoms with Crippen LogP contribution in [0.3, 0.4) is 0 Å². The van der Waals surface area contributed by atoms with Gasteiger partial charge in [0.1, 0.15) is 12.2 Å². The maximum Gasteiger partial charge on any atom is 0.229 e. The number of nitrogens with one attached hydrogen (secondary N) is 1. The number of hydrogen-bond acceptors (Lipinski definition) is 6. The molecule has 0 fully saturated rings. The summed E-state index contributed by atoms with van der Waals surface area (Å²) in [6.45, 7) is 6.72. The van der Waals surface area contributed by atoms with Crippen LogP contribution in [0, 0.1) is 5.92 Å². The Labute approximate surface area is 158 Å². The first-order valence-electron chi connectivity index (χ1n) is 9.02. The van der Waals surface area contributed by atoms with E-state index in [9.17, 15) is 4.79 Å². The molecule has 0 aliphatic carbocycles. The number of methoxy groups -OCH3 is 1. The smallest absolute Gasteiger partial charge is 0.229 e. The lowest BCUT2D eigenvalue weighted by molar-refractivity contribution is -0.121. The molecule has 3 rings (SSSR count). The molecule has 1 aliphatic rings. The van der Waals surface area contributed by atoms with E-state index in [1.54, 1.807) is 11.8 Å². The van der Waals surface area contributed by atoms with Crippen LogP contribution in [0.15, 0.2) is 36.8 Å². The number of unbranched alkanes of at least 4 members (excludes halogenated alkanes) is 2. The monoisotopic (exact) mass is 371 g/mol. The molecule has 0 radical (unpaired) electrons. The van der Waals surface area contributed by atoms with Crippen LogP contribution in [-0.2, 0) is 4.79 Å². The van der Waals surface area contributed by atoms with Crippen LogP contribution in [0.25, 0.3) is 0 Å². The van der Waals surface area contributed by atoms with Crippen LogP contribution < -0.4 is 20.5 Å². The van der Waals surface area contributed by atoms with E-state index in [1.807, 2.05) is 18.2 Å². The van der Waals surface area contributed by atoms with Gasteiger partial charge in [-0.2, -0.15) is 10.1 Å². The molecule has 27 heavy (non-hydrogen) atoms. The Hall–Kier alpha value is -3.03. The highest BCUT2D eigenvalue weighted by atomic mass is 16.5. The largest absolute Gasteiger partial charge is 0.493 e. The van der Waals surface area contributed by atoms with E-state index in [1.165, 1.54) is 6.33 Å². The van der Waals surface area contributed by atoms with Gasteiger partial charge in [-0.25, -0.2) is 4.68 Å². The normalized spacial score (nSPS) is 18.5. The zero-order chi connectivity index (χ0) is 19.4. The molecule has 0 saturated heterocycles. The summed E-state index contributed by atoms with van der Waals surface area (Å²) in [6.07, 6.45) is 4.66. The van der Waals surface area contributed by atoms with Crippen molar-refractivity contribution in [1.82, 2.24) is 14.8 Å². The maximum atomic E-state index is 12.1. The zero-order valence-electron chi connectivity index (χ0n) is 15.6. The number of amides is 1. The fourth-order valence-electron chi connectivity index (χ4n) is 3.28. The highest BCUT2D eigenvalue weighted by Gasteiger charge is 2.38. The summed E-state index contributed by atoms with van der Waals surface area (Å²) in [7, 11) is 1.59. The van der Waals surface area contributed by atoms with Crippen LogP contribution in [0.4, 0.5) is 5.95 Å². The van der Waals surface area contributed by atoms with E-state index in [0.29, 0.717) is 29.8 Å². The quantitative estimate of drug-likeness (QED) is 0.691. The Balaban J connectivity index is 1.94. The summed E-state index contributed by atoms with van der Waals surface area (Å²) in [4.78, 5) is 16.3. The number of anilines is 1. The van der Waals surface area contributed by atoms with E-state index >= 15 is 0 Å². The van der Waals surface area contributed by atoms with Crippen LogP contribution in [0.2, 0.25) is 0 Å². The first-order valence-corrected chi connectivity index (χ1v) is 9.02. The number of aromatic nitrogens is 3.